The third-order valence-corrected chi connectivity index (χ3v) is 3.04. The van der Waals surface area contributed by atoms with Crippen LogP contribution in [0, 0.1) is 5.92 Å². The van der Waals surface area contributed by atoms with Gasteiger partial charge in [0.05, 0.1) is 0 Å². The first kappa shape index (κ1) is 10.1. The molecule has 4 heteroatoms. The van der Waals surface area contributed by atoms with Crippen molar-refractivity contribution in [1.82, 2.24) is 5.16 Å². The number of rotatable bonds is 3. The van der Waals surface area contributed by atoms with E-state index in [1.807, 2.05) is 18.2 Å². The molecule has 86 valence electrons. The Labute approximate surface area is 98.6 Å². The Hall–Kier alpha value is -2.10. The van der Waals surface area contributed by atoms with Gasteiger partial charge in [0.25, 0.3) is 0 Å². The molecule has 0 saturated heterocycles. The number of nitrogens with zero attached hydrogens (tertiary/aromatic N) is 1. The second kappa shape index (κ2) is 4.05. The fourth-order valence-corrected chi connectivity index (χ4v) is 2.05. The molecule has 0 radical (unpaired) electrons. The molecular weight excluding hydrogens is 216 g/mol. The molecule has 2 atom stereocenters. The number of benzene rings is 1. The number of hydrogen-bond donors (Lipinski definition) is 1. The maximum atomic E-state index is 11.9. The molecule has 0 unspecified atom stereocenters. The Kier molecular flexibility index (Phi) is 2.40. The topological polar surface area (TPSA) is 55.1 Å². The zero-order valence-corrected chi connectivity index (χ0v) is 9.17. The molecule has 4 nitrogen and oxygen atoms in total. The Bertz CT molecular complexity index is 507. The van der Waals surface area contributed by atoms with Gasteiger partial charge in [-0.25, -0.2) is 0 Å². The van der Waals surface area contributed by atoms with E-state index in [4.69, 9.17) is 0 Å². The minimum atomic E-state index is 0.0211. The quantitative estimate of drug-likeness (QED) is 0.877. The maximum Gasteiger partial charge on any atom is 0.229 e. The van der Waals surface area contributed by atoms with Crippen molar-refractivity contribution < 1.29 is 9.32 Å². The molecular formula is C13H12N2O2. The molecule has 2 aromatic rings. The van der Waals surface area contributed by atoms with E-state index in [0.29, 0.717) is 11.7 Å². The van der Waals surface area contributed by atoms with Gasteiger partial charge >= 0.3 is 0 Å². The molecule has 1 aromatic heterocycles. The minimum Gasteiger partial charge on any atom is -0.363 e. The maximum absolute atomic E-state index is 11.9. The summed E-state index contributed by atoms with van der Waals surface area (Å²) in [5.74, 6) is 0.915. The molecule has 1 aromatic carbocycles. The lowest BCUT2D eigenvalue weighted by molar-refractivity contribution is -0.117. The average Bonchev–Trinajstić information content (AvgIpc) is 3.02. The number of amides is 1. The lowest BCUT2D eigenvalue weighted by Gasteiger charge is -2.00. The van der Waals surface area contributed by atoms with Crippen molar-refractivity contribution in [2.45, 2.75) is 12.3 Å². The van der Waals surface area contributed by atoms with Crippen LogP contribution in [-0.4, -0.2) is 11.1 Å². The van der Waals surface area contributed by atoms with E-state index in [2.05, 4.69) is 27.1 Å². The summed E-state index contributed by atoms with van der Waals surface area (Å²) in [6, 6.07) is 11.7. The van der Waals surface area contributed by atoms with Crippen LogP contribution in [0.25, 0.3) is 0 Å². The van der Waals surface area contributed by atoms with Crippen LogP contribution in [0.4, 0.5) is 5.82 Å². The van der Waals surface area contributed by atoms with Gasteiger partial charge in [0.15, 0.2) is 5.82 Å². The van der Waals surface area contributed by atoms with Crippen LogP contribution in [0.3, 0.4) is 0 Å². The number of aromatic nitrogens is 1. The molecule has 1 saturated carbocycles. The summed E-state index contributed by atoms with van der Waals surface area (Å²) in [5, 5.41) is 6.40. The first-order chi connectivity index (χ1) is 8.34. The highest BCUT2D eigenvalue weighted by molar-refractivity contribution is 5.94. The van der Waals surface area contributed by atoms with E-state index in [1.54, 1.807) is 6.07 Å². The molecule has 1 fully saturated rings. The van der Waals surface area contributed by atoms with Gasteiger partial charge in [0.1, 0.15) is 6.26 Å². The van der Waals surface area contributed by atoms with E-state index in [0.717, 1.165) is 6.42 Å². The van der Waals surface area contributed by atoms with Crippen LogP contribution in [0.1, 0.15) is 17.9 Å². The van der Waals surface area contributed by atoms with Gasteiger partial charge in [0.2, 0.25) is 5.91 Å². The second-order valence-corrected chi connectivity index (χ2v) is 4.23. The number of hydrogen-bond acceptors (Lipinski definition) is 3. The van der Waals surface area contributed by atoms with Crippen molar-refractivity contribution >= 4 is 11.7 Å². The SMILES string of the molecule is O=C(Nc1ccon1)[C@@H]1C[C@H]1c1ccccc1. The first-order valence-corrected chi connectivity index (χ1v) is 5.61. The van der Waals surface area contributed by atoms with Gasteiger partial charge in [-0.05, 0) is 17.9 Å². The molecule has 1 amide bonds. The summed E-state index contributed by atoms with van der Waals surface area (Å²) < 4.78 is 4.66. The summed E-state index contributed by atoms with van der Waals surface area (Å²) >= 11 is 0. The molecule has 1 aliphatic carbocycles. The third-order valence-electron chi connectivity index (χ3n) is 3.04. The summed E-state index contributed by atoms with van der Waals surface area (Å²) in [7, 11) is 0. The van der Waals surface area contributed by atoms with Crippen LogP contribution >= 0.6 is 0 Å². The summed E-state index contributed by atoms with van der Waals surface area (Å²) in [6.45, 7) is 0. The third kappa shape index (κ3) is 2.06. The summed E-state index contributed by atoms with van der Waals surface area (Å²) in [4.78, 5) is 11.9. The molecule has 1 heterocycles. The van der Waals surface area contributed by atoms with Gasteiger partial charge in [-0.15, -0.1) is 0 Å². The summed E-state index contributed by atoms with van der Waals surface area (Å²) in [5.41, 5.74) is 1.23. The molecule has 0 spiro atoms. The van der Waals surface area contributed by atoms with Crippen molar-refractivity contribution in [3.05, 3.63) is 48.2 Å². The van der Waals surface area contributed by atoms with Gasteiger partial charge in [-0.2, -0.15) is 0 Å². The average molecular weight is 228 g/mol. The van der Waals surface area contributed by atoms with E-state index >= 15 is 0 Å². The molecule has 17 heavy (non-hydrogen) atoms. The van der Waals surface area contributed by atoms with Crippen LogP contribution in [-0.2, 0) is 4.79 Å². The smallest absolute Gasteiger partial charge is 0.229 e. The van der Waals surface area contributed by atoms with Crippen LogP contribution < -0.4 is 5.32 Å². The highest BCUT2D eigenvalue weighted by Crippen LogP contribution is 2.47. The molecule has 0 bridgehead atoms. The fraction of sp³-hybridized carbons (Fsp3) is 0.231. The first-order valence-electron chi connectivity index (χ1n) is 5.61. The monoisotopic (exact) mass is 228 g/mol. The van der Waals surface area contributed by atoms with E-state index in [1.165, 1.54) is 11.8 Å². The minimum absolute atomic E-state index is 0.0211. The highest BCUT2D eigenvalue weighted by atomic mass is 16.5. The highest BCUT2D eigenvalue weighted by Gasteiger charge is 2.43. The van der Waals surface area contributed by atoms with E-state index in [9.17, 15) is 4.79 Å². The van der Waals surface area contributed by atoms with Crippen LogP contribution in [0.15, 0.2) is 47.2 Å². The molecule has 1 N–H and O–H groups in total. The summed E-state index contributed by atoms with van der Waals surface area (Å²) in [6.07, 6.45) is 2.35. The molecule has 0 aliphatic heterocycles. The van der Waals surface area contributed by atoms with Crippen LogP contribution in [0.2, 0.25) is 0 Å². The lowest BCUT2D eigenvalue weighted by atomic mass is 10.1. The lowest BCUT2D eigenvalue weighted by Crippen LogP contribution is -2.14. The Morgan fingerprint density at radius 1 is 1.29 bits per heavy atom. The van der Waals surface area contributed by atoms with Gasteiger partial charge in [0, 0.05) is 12.0 Å². The number of carbonyl (C=O) groups is 1. The van der Waals surface area contributed by atoms with Gasteiger partial charge < -0.3 is 9.84 Å². The van der Waals surface area contributed by atoms with Crippen molar-refractivity contribution in [3.63, 3.8) is 0 Å². The Morgan fingerprint density at radius 3 is 2.82 bits per heavy atom. The zero-order valence-electron chi connectivity index (χ0n) is 9.17. The molecule has 3 rings (SSSR count). The van der Waals surface area contributed by atoms with E-state index < -0.39 is 0 Å². The van der Waals surface area contributed by atoms with Crippen LogP contribution in [0.5, 0.6) is 0 Å². The molecule has 1 aliphatic rings. The van der Waals surface area contributed by atoms with Crippen molar-refractivity contribution in [1.29, 1.82) is 0 Å². The van der Waals surface area contributed by atoms with Gasteiger partial charge in [-0.3, -0.25) is 4.79 Å². The van der Waals surface area contributed by atoms with Crippen molar-refractivity contribution in [3.8, 4) is 0 Å². The predicted molar refractivity (Wildman–Crippen MR) is 62.4 cm³/mol. The van der Waals surface area contributed by atoms with Crippen molar-refractivity contribution in [2.75, 3.05) is 5.32 Å². The Balaban J connectivity index is 1.63. The normalized spacial score (nSPS) is 22.1. The predicted octanol–water partition coefficient (Wildman–Crippen LogP) is 2.42. The second-order valence-electron chi connectivity index (χ2n) is 4.23. The largest absolute Gasteiger partial charge is 0.363 e. The zero-order chi connectivity index (χ0) is 11.7. The van der Waals surface area contributed by atoms with E-state index in [-0.39, 0.29) is 11.8 Å². The Morgan fingerprint density at radius 2 is 2.12 bits per heavy atom. The number of carbonyl (C=O) groups excluding carboxylic acids is 1. The van der Waals surface area contributed by atoms with Crippen molar-refractivity contribution in [2.24, 2.45) is 5.92 Å². The number of nitrogens with one attached hydrogen (secondary N) is 1. The standard InChI is InChI=1S/C13H12N2O2/c16-13(14-12-6-7-17-15-12)11-8-10(11)9-4-2-1-3-5-9/h1-7,10-11H,8H2,(H,14,15,16)/t10-,11+/m0/s1. The number of anilines is 1. The van der Waals surface area contributed by atoms with Gasteiger partial charge in [-0.1, -0.05) is 35.5 Å². The fourth-order valence-electron chi connectivity index (χ4n) is 2.05.